The van der Waals surface area contributed by atoms with Crippen molar-refractivity contribution in [1.29, 1.82) is 0 Å². The fraction of sp³-hybridized carbons (Fsp3) is 0.769. The summed E-state index contributed by atoms with van der Waals surface area (Å²) in [6.07, 6.45) is 4.87. The highest BCUT2D eigenvalue weighted by molar-refractivity contribution is 7.98. The molecule has 0 aromatic rings. The van der Waals surface area contributed by atoms with Gasteiger partial charge in [-0.2, -0.15) is 11.8 Å². The van der Waals surface area contributed by atoms with Gasteiger partial charge in [0, 0.05) is 6.04 Å². The second-order valence-corrected chi connectivity index (χ2v) is 6.22. The van der Waals surface area contributed by atoms with Crippen molar-refractivity contribution >= 4 is 29.7 Å². The van der Waals surface area contributed by atoms with E-state index in [9.17, 15) is 14.4 Å². The van der Waals surface area contributed by atoms with Crippen LogP contribution in [0.3, 0.4) is 0 Å². The summed E-state index contributed by atoms with van der Waals surface area (Å²) in [6.45, 7) is 0. The first kappa shape index (κ1) is 17.6. The standard InChI is InChI=1S/C13H23N3O4S/c1-21-7-6-10(16-13(14)20)11(17)15-9-4-2-8(3-5-9)12(18)19/h8-10H,2-7H2,1H3,(H,15,17)(H,18,19)(H3,14,16,20). The number of carboxylic acids is 1. The van der Waals surface area contributed by atoms with E-state index in [4.69, 9.17) is 10.8 Å². The number of nitrogens with two attached hydrogens (primary N) is 1. The predicted molar refractivity (Wildman–Crippen MR) is 81.0 cm³/mol. The van der Waals surface area contributed by atoms with E-state index < -0.39 is 18.0 Å². The molecular formula is C13H23N3O4S. The number of carbonyl (C=O) groups is 3. The quantitative estimate of drug-likeness (QED) is 0.546. The van der Waals surface area contributed by atoms with Crippen LogP contribution < -0.4 is 16.4 Å². The monoisotopic (exact) mass is 317 g/mol. The van der Waals surface area contributed by atoms with Crippen LogP contribution in [-0.2, 0) is 9.59 Å². The van der Waals surface area contributed by atoms with E-state index in [1.54, 1.807) is 11.8 Å². The van der Waals surface area contributed by atoms with Gasteiger partial charge in [-0.1, -0.05) is 0 Å². The van der Waals surface area contributed by atoms with Gasteiger partial charge in [0.15, 0.2) is 0 Å². The molecule has 0 radical (unpaired) electrons. The largest absolute Gasteiger partial charge is 0.481 e. The summed E-state index contributed by atoms with van der Waals surface area (Å²) < 4.78 is 0. The van der Waals surface area contributed by atoms with Gasteiger partial charge in [0.25, 0.3) is 0 Å². The molecule has 0 heterocycles. The maximum Gasteiger partial charge on any atom is 0.312 e. The van der Waals surface area contributed by atoms with E-state index in [1.165, 1.54) is 0 Å². The van der Waals surface area contributed by atoms with Crippen molar-refractivity contribution in [2.24, 2.45) is 11.7 Å². The van der Waals surface area contributed by atoms with E-state index in [0.29, 0.717) is 32.1 Å². The second kappa shape index (κ2) is 8.76. The van der Waals surface area contributed by atoms with Crippen LogP contribution in [0.15, 0.2) is 0 Å². The molecule has 21 heavy (non-hydrogen) atoms. The summed E-state index contributed by atoms with van der Waals surface area (Å²) in [5.41, 5.74) is 5.09. The summed E-state index contributed by atoms with van der Waals surface area (Å²) in [7, 11) is 0. The third kappa shape index (κ3) is 6.24. The Balaban J connectivity index is 2.45. The number of carboxylic acid groups (broad SMARTS) is 1. The summed E-state index contributed by atoms with van der Waals surface area (Å²) in [6, 6.07) is -1.38. The molecule has 0 bridgehead atoms. The average Bonchev–Trinajstić information content (AvgIpc) is 2.43. The molecule has 1 rings (SSSR count). The molecular weight excluding hydrogens is 294 g/mol. The fourth-order valence-electron chi connectivity index (χ4n) is 2.46. The van der Waals surface area contributed by atoms with Crippen molar-refractivity contribution in [3.05, 3.63) is 0 Å². The third-order valence-electron chi connectivity index (χ3n) is 3.67. The summed E-state index contributed by atoms with van der Waals surface area (Å²) in [5, 5.41) is 14.3. The van der Waals surface area contributed by atoms with Crippen molar-refractivity contribution in [2.75, 3.05) is 12.0 Å². The highest BCUT2D eigenvalue weighted by Gasteiger charge is 2.28. The van der Waals surface area contributed by atoms with Crippen LogP contribution in [0.25, 0.3) is 0 Å². The number of hydrogen-bond donors (Lipinski definition) is 4. The lowest BCUT2D eigenvalue weighted by molar-refractivity contribution is -0.142. The van der Waals surface area contributed by atoms with Gasteiger partial charge < -0.3 is 21.5 Å². The van der Waals surface area contributed by atoms with Crippen LogP contribution in [0.4, 0.5) is 4.79 Å². The predicted octanol–water partition coefficient (Wildman–Crippen LogP) is 0.536. The average molecular weight is 317 g/mol. The Morgan fingerprint density at radius 1 is 1.29 bits per heavy atom. The highest BCUT2D eigenvalue weighted by atomic mass is 32.2. The maximum atomic E-state index is 12.2. The lowest BCUT2D eigenvalue weighted by Gasteiger charge is -2.28. The van der Waals surface area contributed by atoms with Gasteiger partial charge in [0.1, 0.15) is 6.04 Å². The number of hydrogen-bond acceptors (Lipinski definition) is 4. The number of amides is 3. The van der Waals surface area contributed by atoms with Gasteiger partial charge in [-0.3, -0.25) is 9.59 Å². The van der Waals surface area contributed by atoms with Crippen molar-refractivity contribution in [2.45, 2.75) is 44.2 Å². The van der Waals surface area contributed by atoms with Crippen LogP contribution >= 0.6 is 11.8 Å². The van der Waals surface area contributed by atoms with Crippen LogP contribution in [-0.4, -0.2) is 47.1 Å². The van der Waals surface area contributed by atoms with Gasteiger partial charge in [-0.05, 0) is 44.1 Å². The molecule has 3 amide bonds. The van der Waals surface area contributed by atoms with Crippen LogP contribution in [0, 0.1) is 5.92 Å². The Hall–Kier alpha value is -1.44. The molecule has 1 saturated carbocycles. The molecule has 8 heteroatoms. The molecule has 1 aliphatic carbocycles. The second-order valence-electron chi connectivity index (χ2n) is 5.24. The zero-order chi connectivity index (χ0) is 15.8. The fourth-order valence-corrected chi connectivity index (χ4v) is 2.93. The Bertz CT molecular complexity index is 384. The molecule has 0 aliphatic heterocycles. The molecule has 1 aliphatic rings. The molecule has 1 unspecified atom stereocenters. The first-order valence-electron chi connectivity index (χ1n) is 7.02. The first-order chi connectivity index (χ1) is 9.93. The van der Waals surface area contributed by atoms with E-state index in [2.05, 4.69) is 10.6 Å². The topological polar surface area (TPSA) is 122 Å². The number of nitrogens with one attached hydrogen (secondary N) is 2. The van der Waals surface area contributed by atoms with Gasteiger partial charge in [0.2, 0.25) is 5.91 Å². The van der Waals surface area contributed by atoms with E-state index >= 15 is 0 Å². The number of primary amides is 1. The highest BCUT2D eigenvalue weighted by Crippen LogP contribution is 2.24. The van der Waals surface area contributed by atoms with Gasteiger partial charge in [-0.25, -0.2) is 4.79 Å². The van der Waals surface area contributed by atoms with Crippen molar-refractivity contribution in [3.8, 4) is 0 Å². The minimum Gasteiger partial charge on any atom is -0.481 e. The van der Waals surface area contributed by atoms with Gasteiger partial charge in [0.05, 0.1) is 5.92 Å². The third-order valence-corrected chi connectivity index (χ3v) is 4.31. The lowest BCUT2D eigenvalue weighted by atomic mass is 9.86. The van der Waals surface area contributed by atoms with Crippen molar-refractivity contribution in [3.63, 3.8) is 0 Å². The molecule has 120 valence electrons. The first-order valence-corrected chi connectivity index (χ1v) is 8.41. The van der Waals surface area contributed by atoms with Gasteiger partial charge >= 0.3 is 12.0 Å². The molecule has 7 nitrogen and oxygen atoms in total. The smallest absolute Gasteiger partial charge is 0.312 e. The number of thioether (sulfide) groups is 1. The zero-order valence-corrected chi connectivity index (χ0v) is 12.9. The molecule has 1 fully saturated rings. The Morgan fingerprint density at radius 3 is 2.38 bits per heavy atom. The molecule has 0 aromatic heterocycles. The summed E-state index contributed by atoms with van der Waals surface area (Å²) in [4.78, 5) is 34.0. The van der Waals surface area contributed by atoms with Crippen molar-refractivity contribution < 1.29 is 19.5 Å². The Kier molecular flexibility index (Phi) is 7.35. The van der Waals surface area contributed by atoms with E-state index in [-0.39, 0.29) is 17.9 Å². The van der Waals surface area contributed by atoms with Gasteiger partial charge in [-0.15, -0.1) is 0 Å². The molecule has 0 saturated heterocycles. The van der Waals surface area contributed by atoms with Crippen LogP contribution in [0.2, 0.25) is 0 Å². The number of rotatable bonds is 7. The van der Waals surface area contributed by atoms with Crippen molar-refractivity contribution in [1.82, 2.24) is 10.6 Å². The Labute approximate surface area is 128 Å². The van der Waals surface area contributed by atoms with E-state index in [0.717, 1.165) is 5.75 Å². The molecule has 0 aromatic carbocycles. The minimum atomic E-state index is -0.770. The van der Waals surface area contributed by atoms with Crippen LogP contribution in [0.1, 0.15) is 32.1 Å². The van der Waals surface area contributed by atoms with Crippen LogP contribution in [0.5, 0.6) is 0 Å². The zero-order valence-electron chi connectivity index (χ0n) is 12.1. The minimum absolute atomic E-state index is 0.0282. The summed E-state index contributed by atoms with van der Waals surface area (Å²) >= 11 is 1.59. The maximum absolute atomic E-state index is 12.2. The Morgan fingerprint density at radius 2 is 1.90 bits per heavy atom. The normalized spacial score (nSPS) is 23.1. The number of urea groups is 1. The van der Waals surface area contributed by atoms with E-state index in [1.807, 2.05) is 6.26 Å². The number of aliphatic carboxylic acids is 1. The number of carbonyl (C=O) groups excluding carboxylic acids is 2. The molecule has 0 spiro atoms. The SMILES string of the molecule is CSCCC(NC(N)=O)C(=O)NC1CCC(C(=O)O)CC1. The molecule has 1 atom stereocenters. The molecule has 5 N–H and O–H groups in total. The lowest BCUT2D eigenvalue weighted by Crippen LogP contribution is -2.51. The summed E-state index contributed by atoms with van der Waals surface area (Å²) in [5.74, 6) is -0.590.